The van der Waals surface area contributed by atoms with Crippen molar-refractivity contribution in [1.29, 1.82) is 5.26 Å². The Hall–Kier alpha value is -1.38. The van der Waals surface area contributed by atoms with E-state index in [4.69, 9.17) is 5.26 Å². The van der Waals surface area contributed by atoms with E-state index >= 15 is 0 Å². The molecule has 0 saturated heterocycles. The number of benzene rings is 1. The molecule has 1 aromatic rings. The van der Waals surface area contributed by atoms with E-state index in [-0.39, 0.29) is 11.7 Å². The number of rotatable bonds is 6. The molecule has 0 spiro atoms. The third-order valence-electron chi connectivity index (χ3n) is 3.17. The Kier molecular flexibility index (Phi) is 5.10. The van der Waals surface area contributed by atoms with Crippen LogP contribution >= 0.6 is 0 Å². The van der Waals surface area contributed by atoms with Crippen LogP contribution < -0.4 is 4.72 Å². The predicted octanol–water partition coefficient (Wildman–Crippen LogP) is 2.40. The second kappa shape index (κ2) is 6.18. The Balaban J connectivity index is 2.79. The Morgan fingerprint density at radius 1 is 1.37 bits per heavy atom. The summed E-state index contributed by atoms with van der Waals surface area (Å²) in [5, 5.41) is 9.02. The second-order valence-electron chi connectivity index (χ2n) is 4.99. The Bertz CT molecular complexity index is 549. The van der Waals surface area contributed by atoms with Gasteiger partial charge in [-0.2, -0.15) is 9.98 Å². The van der Waals surface area contributed by atoms with Gasteiger partial charge in [0.05, 0.1) is 11.8 Å². The predicted molar refractivity (Wildman–Crippen MR) is 76.1 cm³/mol. The first-order valence-corrected chi connectivity index (χ1v) is 7.95. The topological polar surface area (TPSA) is 70.0 Å². The summed E-state index contributed by atoms with van der Waals surface area (Å²) >= 11 is 0. The third-order valence-corrected chi connectivity index (χ3v) is 4.87. The summed E-state index contributed by atoms with van der Waals surface area (Å²) in [6, 6.07) is 11.5. The molecule has 0 radical (unpaired) electrons. The van der Waals surface area contributed by atoms with Gasteiger partial charge in [0.25, 0.3) is 0 Å². The van der Waals surface area contributed by atoms with Gasteiger partial charge < -0.3 is 0 Å². The molecule has 5 heteroatoms. The van der Waals surface area contributed by atoms with Gasteiger partial charge >= 0.3 is 0 Å². The van der Waals surface area contributed by atoms with Gasteiger partial charge in [0.1, 0.15) is 5.54 Å². The highest BCUT2D eigenvalue weighted by atomic mass is 32.2. The lowest BCUT2D eigenvalue weighted by atomic mass is 10.0. The van der Waals surface area contributed by atoms with Crippen molar-refractivity contribution >= 4 is 10.0 Å². The maximum atomic E-state index is 12.1. The van der Waals surface area contributed by atoms with Crippen LogP contribution in [0.15, 0.2) is 30.3 Å². The van der Waals surface area contributed by atoms with Crippen LogP contribution in [-0.4, -0.2) is 19.7 Å². The number of hydrogen-bond acceptors (Lipinski definition) is 3. The Morgan fingerprint density at radius 3 is 2.42 bits per heavy atom. The van der Waals surface area contributed by atoms with E-state index in [0.29, 0.717) is 6.42 Å². The lowest BCUT2D eigenvalue weighted by Gasteiger charge is -2.22. The molecule has 2 atom stereocenters. The molecule has 1 aromatic carbocycles. The minimum atomic E-state index is -3.48. The molecular weight excluding hydrogens is 260 g/mol. The highest BCUT2D eigenvalue weighted by molar-refractivity contribution is 7.89. The molecule has 0 aliphatic heterocycles. The summed E-state index contributed by atoms with van der Waals surface area (Å²) in [6.07, 6.45) is 0.433. The van der Waals surface area contributed by atoms with Gasteiger partial charge in [0, 0.05) is 0 Å². The second-order valence-corrected chi connectivity index (χ2v) is 6.76. The standard InChI is InChI=1S/C14H20N2O2S/c1-4-14(3,11-15)16-19(17,18)10-12(2)13-8-6-5-7-9-13/h5-9,12,16H,4,10H2,1-3H3. The summed E-state index contributed by atoms with van der Waals surface area (Å²) in [5.41, 5.74) is -0.0575. The van der Waals surface area contributed by atoms with Crippen molar-refractivity contribution in [3.8, 4) is 6.07 Å². The number of hydrogen-bond donors (Lipinski definition) is 1. The van der Waals surface area contributed by atoms with Gasteiger partial charge in [0.15, 0.2) is 0 Å². The maximum absolute atomic E-state index is 12.1. The van der Waals surface area contributed by atoms with Crippen LogP contribution in [0, 0.1) is 11.3 Å². The first-order valence-electron chi connectivity index (χ1n) is 6.30. The monoisotopic (exact) mass is 280 g/mol. The largest absolute Gasteiger partial charge is 0.213 e. The van der Waals surface area contributed by atoms with Gasteiger partial charge in [-0.1, -0.05) is 44.2 Å². The Morgan fingerprint density at radius 2 is 1.95 bits per heavy atom. The maximum Gasteiger partial charge on any atom is 0.213 e. The molecule has 1 N–H and O–H groups in total. The minimum Gasteiger partial charge on any atom is -0.212 e. The molecule has 0 fully saturated rings. The number of nitrogens with one attached hydrogen (secondary N) is 1. The normalized spacial score (nSPS) is 16.3. The first kappa shape index (κ1) is 15.7. The average Bonchev–Trinajstić information content (AvgIpc) is 2.38. The number of nitrogens with zero attached hydrogens (tertiary/aromatic N) is 1. The van der Waals surface area contributed by atoms with Crippen LogP contribution in [0.4, 0.5) is 0 Å². The molecule has 19 heavy (non-hydrogen) atoms. The van der Waals surface area contributed by atoms with Crippen LogP contribution in [0.5, 0.6) is 0 Å². The van der Waals surface area contributed by atoms with E-state index in [9.17, 15) is 8.42 Å². The van der Waals surface area contributed by atoms with Crippen molar-refractivity contribution in [2.75, 3.05) is 5.75 Å². The SMILES string of the molecule is CCC(C)(C#N)NS(=O)(=O)CC(C)c1ccccc1. The van der Waals surface area contributed by atoms with Crippen LogP contribution in [-0.2, 0) is 10.0 Å². The van der Waals surface area contributed by atoms with E-state index in [2.05, 4.69) is 4.72 Å². The smallest absolute Gasteiger partial charge is 0.212 e. The molecule has 0 saturated carbocycles. The quantitative estimate of drug-likeness (QED) is 0.870. The van der Waals surface area contributed by atoms with Crippen molar-refractivity contribution in [2.24, 2.45) is 0 Å². The summed E-state index contributed by atoms with van der Waals surface area (Å²) < 4.78 is 26.7. The molecular formula is C14H20N2O2S. The third kappa shape index (κ3) is 4.66. The van der Waals surface area contributed by atoms with Crippen LogP contribution in [0.1, 0.15) is 38.7 Å². The summed E-state index contributed by atoms with van der Waals surface area (Å²) in [4.78, 5) is 0. The highest BCUT2D eigenvalue weighted by Gasteiger charge is 2.28. The minimum absolute atomic E-state index is 0.0196. The molecule has 0 heterocycles. The van der Waals surface area contributed by atoms with Crippen molar-refractivity contribution in [1.82, 2.24) is 4.72 Å². The first-order chi connectivity index (χ1) is 8.82. The lowest BCUT2D eigenvalue weighted by molar-refractivity contribution is 0.493. The molecule has 0 aliphatic carbocycles. The zero-order valence-electron chi connectivity index (χ0n) is 11.6. The zero-order valence-corrected chi connectivity index (χ0v) is 12.4. The molecule has 0 aromatic heterocycles. The van der Waals surface area contributed by atoms with Crippen LogP contribution in [0.2, 0.25) is 0 Å². The van der Waals surface area contributed by atoms with Gasteiger partial charge in [-0.3, -0.25) is 0 Å². The molecule has 0 aliphatic rings. The van der Waals surface area contributed by atoms with E-state index in [0.717, 1.165) is 5.56 Å². The summed E-state index contributed by atoms with van der Waals surface area (Å²) in [6.45, 7) is 5.24. The summed E-state index contributed by atoms with van der Waals surface area (Å²) in [7, 11) is -3.48. The van der Waals surface area contributed by atoms with Gasteiger partial charge in [0.2, 0.25) is 10.0 Å². The van der Waals surface area contributed by atoms with E-state index < -0.39 is 15.6 Å². The molecule has 0 amide bonds. The van der Waals surface area contributed by atoms with Crippen molar-refractivity contribution < 1.29 is 8.42 Å². The molecule has 104 valence electrons. The Labute approximate surface area is 115 Å². The number of sulfonamides is 1. The van der Waals surface area contributed by atoms with Gasteiger partial charge in [-0.25, -0.2) is 8.42 Å². The molecule has 2 unspecified atom stereocenters. The van der Waals surface area contributed by atoms with Crippen molar-refractivity contribution in [3.63, 3.8) is 0 Å². The van der Waals surface area contributed by atoms with E-state index in [1.54, 1.807) is 13.8 Å². The van der Waals surface area contributed by atoms with Crippen LogP contribution in [0.25, 0.3) is 0 Å². The van der Waals surface area contributed by atoms with Crippen LogP contribution in [0.3, 0.4) is 0 Å². The molecule has 4 nitrogen and oxygen atoms in total. The summed E-state index contributed by atoms with van der Waals surface area (Å²) in [5.74, 6) is -0.132. The van der Waals surface area contributed by atoms with Gasteiger partial charge in [-0.05, 0) is 24.8 Å². The van der Waals surface area contributed by atoms with Gasteiger partial charge in [-0.15, -0.1) is 0 Å². The fraction of sp³-hybridized carbons (Fsp3) is 0.500. The van der Waals surface area contributed by atoms with E-state index in [1.165, 1.54) is 0 Å². The highest BCUT2D eigenvalue weighted by Crippen LogP contribution is 2.18. The lowest BCUT2D eigenvalue weighted by Crippen LogP contribution is -2.45. The molecule has 1 rings (SSSR count). The fourth-order valence-corrected chi connectivity index (χ4v) is 3.58. The van der Waals surface area contributed by atoms with Crippen molar-refractivity contribution in [2.45, 2.75) is 38.6 Å². The van der Waals surface area contributed by atoms with Crippen molar-refractivity contribution in [3.05, 3.63) is 35.9 Å². The molecule has 0 bridgehead atoms. The average molecular weight is 280 g/mol. The zero-order chi connectivity index (χ0) is 14.5. The van der Waals surface area contributed by atoms with E-state index in [1.807, 2.05) is 43.3 Å². The fourth-order valence-electron chi connectivity index (χ4n) is 1.77. The number of nitriles is 1.